The maximum Gasteiger partial charge on any atom is 0.255 e. The van der Waals surface area contributed by atoms with Gasteiger partial charge in [-0.25, -0.2) is 0 Å². The zero-order valence-electron chi connectivity index (χ0n) is 10.1. The highest BCUT2D eigenvalue weighted by Gasteiger charge is 2.05. The summed E-state index contributed by atoms with van der Waals surface area (Å²) in [6.45, 7) is 7.47. The number of hydrogen-bond donors (Lipinski definition) is 1. The van der Waals surface area contributed by atoms with E-state index in [1.165, 1.54) is 6.33 Å². The first-order valence-corrected chi connectivity index (χ1v) is 5.87. The molecule has 0 saturated heterocycles. The van der Waals surface area contributed by atoms with Crippen LogP contribution in [-0.2, 0) is 4.74 Å². The molecule has 0 amide bonds. The molecular formula is C11H14ClN5O. The highest BCUT2D eigenvalue weighted by molar-refractivity contribution is 6.29. The molecule has 2 heterocycles. The molecule has 0 saturated carbocycles. The van der Waals surface area contributed by atoms with Gasteiger partial charge in [0.25, 0.3) is 5.78 Å². The molecule has 2 aromatic rings. The fourth-order valence-electron chi connectivity index (χ4n) is 1.41. The molecule has 1 N–H and O–H groups in total. The van der Waals surface area contributed by atoms with Gasteiger partial charge in [0.15, 0.2) is 0 Å². The van der Waals surface area contributed by atoms with E-state index in [9.17, 15) is 0 Å². The van der Waals surface area contributed by atoms with Crippen molar-refractivity contribution < 1.29 is 4.74 Å². The van der Waals surface area contributed by atoms with Gasteiger partial charge < -0.3 is 10.1 Å². The predicted octanol–water partition coefficient (Wildman–Crippen LogP) is 1.78. The molecule has 0 aliphatic carbocycles. The first-order chi connectivity index (χ1) is 8.66. The van der Waals surface area contributed by atoms with Crippen LogP contribution in [0.1, 0.15) is 6.92 Å². The van der Waals surface area contributed by atoms with Crippen molar-refractivity contribution in [3.63, 3.8) is 0 Å². The molecule has 0 fully saturated rings. The lowest BCUT2D eigenvalue weighted by Gasteiger charge is -2.08. The van der Waals surface area contributed by atoms with E-state index in [2.05, 4.69) is 27.0 Å². The molecule has 0 spiro atoms. The van der Waals surface area contributed by atoms with Crippen molar-refractivity contribution in [2.75, 3.05) is 25.1 Å². The van der Waals surface area contributed by atoms with E-state index in [0.29, 0.717) is 30.7 Å². The number of nitrogens with one attached hydrogen (secondary N) is 1. The molecule has 2 rings (SSSR count). The van der Waals surface area contributed by atoms with Gasteiger partial charge in [-0.1, -0.05) is 23.8 Å². The van der Waals surface area contributed by atoms with E-state index in [1.807, 2.05) is 6.92 Å². The Labute approximate surface area is 110 Å². The number of rotatable bonds is 6. The van der Waals surface area contributed by atoms with Gasteiger partial charge >= 0.3 is 0 Å². The van der Waals surface area contributed by atoms with Gasteiger partial charge in [0.1, 0.15) is 17.3 Å². The number of ether oxygens (including phenoxy) is 1. The Morgan fingerprint density at radius 1 is 1.61 bits per heavy atom. The van der Waals surface area contributed by atoms with Crippen LogP contribution in [0, 0.1) is 0 Å². The standard InChI is InChI=1S/C11H14ClN5O/c1-8(2)6-18-4-3-13-10-5-9(12)16-11-14-7-15-17(10)11/h5,7,13H,1,3-4,6H2,2H3. The highest BCUT2D eigenvalue weighted by atomic mass is 35.5. The van der Waals surface area contributed by atoms with Gasteiger partial charge in [0.2, 0.25) is 0 Å². The summed E-state index contributed by atoms with van der Waals surface area (Å²) in [7, 11) is 0. The van der Waals surface area contributed by atoms with Gasteiger partial charge in [0.05, 0.1) is 13.2 Å². The molecule has 0 aliphatic rings. The lowest BCUT2D eigenvalue weighted by atomic mass is 10.4. The summed E-state index contributed by atoms with van der Waals surface area (Å²) in [5.74, 6) is 1.20. The fraction of sp³-hybridized carbons (Fsp3) is 0.364. The van der Waals surface area contributed by atoms with Crippen molar-refractivity contribution in [2.45, 2.75) is 6.92 Å². The second-order valence-electron chi connectivity index (χ2n) is 3.87. The van der Waals surface area contributed by atoms with E-state index < -0.39 is 0 Å². The average Bonchev–Trinajstić information content (AvgIpc) is 2.75. The summed E-state index contributed by atoms with van der Waals surface area (Å²) >= 11 is 5.89. The van der Waals surface area contributed by atoms with Gasteiger partial charge in [-0.15, -0.1) is 0 Å². The van der Waals surface area contributed by atoms with Gasteiger partial charge in [-0.3, -0.25) is 0 Å². The van der Waals surface area contributed by atoms with Crippen molar-refractivity contribution in [1.29, 1.82) is 0 Å². The Morgan fingerprint density at radius 3 is 3.22 bits per heavy atom. The average molecular weight is 268 g/mol. The number of halogens is 1. The zero-order chi connectivity index (χ0) is 13.0. The molecule has 0 bridgehead atoms. The van der Waals surface area contributed by atoms with Crippen LogP contribution in [0.15, 0.2) is 24.5 Å². The topological polar surface area (TPSA) is 64.3 Å². The fourth-order valence-corrected chi connectivity index (χ4v) is 1.59. The molecule has 6 nitrogen and oxygen atoms in total. The molecular weight excluding hydrogens is 254 g/mol. The minimum Gasteiger partial charge on any atom is -0.375 e. The maximum absolute atomic E-state index is 5.89. The summed E-state index contributed by atoms with van der Waals surface area (Å²) in [4.78, 5) is 8.02. The Kier molecular flexibility index (Phi) is 4.11. The molecule has 0 aliphatic heterocycles. The lowest BCUT2D eigenvalue weighted by molar-refractivity contribution is 0.167. The second kappa shape index (κ2) is 5.79. The summed E-state index contributed by atoms with van der Waals surface area (Å²) in [6, 6.07) is 1.70. The van der Waals surface area contributed by atoms with Crippen LogP contribution < -0.4 is 5.32 Å². The van der Waals surface area contributed by atoms with Crippen LogP contribution in [-0.4, -0.2) is 39.3 Å². The van der Waals surface area contributed by atoms with Gasteiger partial charge in [-0.2, -0.15) is 19.6 Å². The molecule has 2 aromatic heterocycles. The van der Waals surface area contributed by atoms with Crippen LogP contribution in [0.4, 0.5) is 5.82 Å². The minimum absolute atomic E-state index is 0.376. The summed E-state index contributed by atoms with van der Waals surface area (Å²) in [5, 5.41) is 7.60. The first-order valence-electron chi connectivity index (χ1n) is 5.49. The number of anilines is 1. The summed E-state index contributed by atoms with van der Waals surface area (Å²) in [6.07, 6.45) is 1.43. The number of hydrogen-bond acceptors (Lipinski definition) is 5. The predicted molar refractivity (Wildman–Crippen MR) is 69.9 cm³/mol. The van der Waals surface area contributed by atoms with Crippen molar-refractivity contribution in [3.8, 4) is 0 Å². The SMILES string of the molecule is C=C(C)COCCNc1cc(Cl)nc2ncnn12. The third-order valence-electron chi connectivity index (χ3n) is 2.12. The zero-order valence-corrected chi connectivity index (χ0v) is 10.8. The Hall–Kier alpha value is -1.66. The molecule has 0 radical (unpaired) electrons. The largest absolute Gasteiger partial charge is 0.375 e. The number of aromatic nitrogens is 4. The molecule has 96 valence electrons. The molecule has 0 unspecified atom stereocenters. The monoisotopic (exact) mass is 267 g/mol. The molecule has 18 heavy (non-hydrogen) atoms. The summed E-state index contributed by atoms with van der Waals surface area (Å²) in [5.41, 5.74) is 1.00. The lowest BCUT2D eigenvalue weighted by Crippen LogP contribution is -2.13. The number of fused-ring (bicyclic) bond motifs is 1. The first kappa shape index (κ1) is 12.8. The Bertz CT molecular complexity index is 553. The van der Waals surface area contributed by atoms with E-state index in [0.717, 1.165) is 11.4 Å². The van der Waals surface area contributed by atoms with Crippen molar-refractivity contribution in [3.05, 3.63) is 29.7 Å². The molecule has 7 heteroatoms. The van der Waals surface area contributed by atoms with Crippen molar-refractivity contribution >= 4 is 23.2 Å². The molecule has 0 aromatic carbocycles. The molecule has 0 atom stereocenters. The highest BCUT2D eigenvalue weighted by Crippen LogP contribution is 2.13. The normalized spacial score (nSPS) is 10.8. The van der Waals surface area contributed by atoms with E-state index in [1.54, 1.807) is 10.6 Å². The summed E-state index contributed by atoms with van der Waals surface area (Å²) < 4.78 is 6.97. The number of nitrogens with zero attached hydrogens (tertiary/aromatic N) is 4. The van der Waals surface area contributed by atoms with Crippen LogP contribution in [0.3, 0.4) is 0 Å². The van der Waals surface area contributed by atoms with Crippen LogP contribution >= 0.6 is 11.6 Å². The van der Waals surface area contributed by atoms with Gasteiger partial charge in [0, 0.05) is 12.6 Å². The van der Waals surface area contributed by atoms with Crippen LogP contribution in [0.25, 0.3) is 5.78 Å². The van der Waals surface area contributed by atoms with Crippen molar-refractivity contribution in [2.24, 2.45) is 0 Å². The van der Waals surface area contributed by atoms with Gasteiger partial charge in [-0.05, 0) is 6.92 Å². The minimum atomic E-state index is 0.376. The quantitative estimate of drug-likeness (QED) is 0.491. The second-order valence-corrected chi connectivity index (χ2v) is 4.26. The van der Waals surface area contributed by atoms with E-state index in [-0.39, 0.29) is 0 Å². The third kappa shape index (κ3) is 3.18. The Morgan fingerprint density at radius 2 is 2.44 bits per heavy atom. The van der Waals surface area contributed by atoms with E-state index >= 15 is 0 Å². The van der Waals surface area contributed by atoms with E-state index in [4.69, 9.17) is 16.3 Å². The van der Waals surface area contributed by atoms with Crippen LogP contribution in [0.5, 0.6) is 0 Å². The Balaban J connectivity index is 1.94. The van der Waals surface area contributed by atoms with Crippen LogP contribution in [0.2, 0.25) is 5.15 Å². The maximum atomic E-state index is 5.89. The smallest absolute Gasteiger partial charge is 0.255 e. The third-order valence-corrected chi connectivity index (χ3v) is 2.32. The van der Waals surface area contributed by atoms with Crippen molar-refractivity contribution in [1.82, 2.24) is 19.6 Å².